The summed E-state index contributed by atoms with van der Waals surface area (Å²) in [5, 5.41) is 13.1. The van der Waals surface area contributed by atoms with Crippen LogP contribution in [0.3, 0.4) is 0 Å². The molecule has 1 aromatic heterocycles. The van der Waals surface area contributed by atoms with E-state index in [1.807, 2.05) is 12.1 Å². The summed E-state index contributed by atoms with van der Waals surface area (Å²) in [7, 11) is 0. The number of nitrogens with zero attached hydrogens (tertiary/aromatic N) is 4. The molecule has 1 amide bonds. The largest absolute Gasteiger partial charge is 0.403 e. The molecule has 0 radical (unpaired) electrons. The summed E-state index contributed by atoms with van der Waals surface area (Å²) >= 11 is 0. The van der Waals surface area contributed by atoms with Crippen LogP contribution in [0.5, 0.6) is 0 Å². The third-order valence-electron chi connectivity index (χ3n) is 6.64. The molecule has 0 unspecified atom stereocenters. The number of aliphatic hydroxyl groups is 1. The average molecular weight is 478 g/mol. The Kier molecular flexibility index (Phi) is 7.49. The number of β-amino-alcohol motifs (C(OH)–C–C–N with tert-alkyl or cyclic N) is 1. The molecule has 2 aliphatic rings. The molecule has 7 nitrogen and oxygen atoms in total. The zero-order valence-electron chi connectivity index (χ0n) is 19.1. The Morgan fingerprint density at radius 2 is 1.97 bits per heavy atom. The molecule has 3 heterocycles. The molecule has 2 N–H and O–H groups in total. The van der Waals surface area contributed by atoms with Crippen LogP contribution in [0.2, 0.25) is 0 Å². The SMILES string of the molecule is C[C@H](N1CC(Cc2cc(C(=O)NC[C@H](O)CN3CCc4ccccc4C3)ncn2)C1)C(F)(F)F. The Hall–Kier alpha value is -2.56. The molecule has 0 spiro atoms. The van der Waals surface area contributed by atoms with E-state index in [1.165, 1.54) is 29.3 Å². The van der Waals surface area contributed by atoms with E-state index < -0.39 is 24.2 Å². The predicted octanol–water partition coefficient (Wildman–Crippen LogP) is 2.05. The number of hydrogen-bond acceptors (Lipinski definition) is 6. The third-order valence-corrected chi connectivity index (χ3v) is 6.64. The number of fused-ring (bicyclic) bond motifs is 1. The monoisotopic (exact) mass is 477 g/mol. The lowest BCUT2D eigenvalue weighted by Crippen LogP contribution is -2.56. The first-order valence-electron chi connectivity index (χ1n) is 11.6. The molecule has 4 rings (SSSR count). The molecule has 0 aliphatic carbocycles. The highest BCUT2D eigenvalue weighted by Crippen LogP contribution is 2.30. The van der Waals surface area contributed by atoms with Crippen LogP contribution in [0.1, 0.15) is 34.2 Å². The van der Waals surface area contributed by atoms with E-state index in [1.54, 1.807) is 6.07 Å². The van der Waals surface area contributed by atoms with Crippen molar-refractivity contribution in [1.82, 2.24) is 25.1 Å². The summed E-state index contributed by atoms with van der Waals surface area (Å²) in [5.74, 6) is -0.347. The van der Waals surface area contributed by atoms with E-state index in [-0.39, 0.29) is 18.2 Å². The van der Waals surface area contributed by atoms with Gasteiger partial charge in [-0.1, -0.05) is 24.3 Å². The van der Waals surface area contributed by atoms with Gasteiger partial charge in [0.2, 0.25) is 0 Å². The molecule has 0 saturated carbocycles. The van der Waals surface area contributed by atoms with Crippen molar-refractivity contribution < 1.29 is 23.1 Å². The highest BCUT2D eigenvalue weighted by Gasteiger charge is 2.44. The van der Waals surface area contributed by atoms with Crippen molar-refractivity contribution in [3.63, 3.8) is 0 Å². The average Bonchev–Trinajstić information content (AvgIpc) is 2.78. The number of aromatic nitrogens is 2. The summed E-state index contributed by atoms with van der Waals surface area (Å²) < 4.78 is 38.4. The Bertz CT molecular complexity index is 997. The lowest BCUT2D eigenvalue weighted by molar-refractivity contribution is -0.193. The number of aliphatic hydroxyl groups excluding tert-OH is 1. The van der Waals surface area contributed by atoms with E-state index >= 15 is 0 Å². The molecule has 34 heavy (non-hydrogen) atoms. The zero-order valence-corrected chi connectivity index (χ0v) is 19.1. The molecule has 2 aliphatic heterocycles. The van der Waals surface area contributed by atoms with E-state index in [4.69, 9.17) is 0 Å². The maximum Gasteiger partial charge on any atom is 0.403 e. The van der Waals surface area contributed by atoms with Gasteiger partial charge in [0.1, 0.15) is 18.1 Å². The number of hydrogen-bond donors (Lipinski definition) is 2. The smallest absolute Gasteiger partial charge is 0.390 e. The van der Waals surface area contributed by atoms with Crippen molar-refractivity contribution in [3.05, 3.63) is 59.2 Å². The summed E-state index contributed by atoms with van der Waals surface area (Å²) in [4.78, 5) is 24.3. The number of likely N-dealkylation sites (tertiary alicyclic amines) is 1. The number of benzene rings is 1. The van der Waals surface area contributed by atoms with Crippen molar-refractivity contribution in [2.45, 2.75) is 44.6 Å². The fraction of sp³-hybridized carbons (Fsp3) is 0.542. The maximum absolute atomic E-state index is 12.8. The maximum atomic E-state index is 12.8. The number of carbonyl (C=O) groups excluding carboxylic acids is 1. The molecule has 10 heteroatoms. The number of halogens is 3. The zero-order chi connectivity index (χ0) is 24.3. The second-order valence-electron chi connectivity index (χ2n) is 9.25. The number of nitrogens with one attached hydrogen (secondary N) is 1. The van der Waals surface area contributed by atoms with Gasteiger partial charge < -0.3 is 10.4 Å². The fourth-order valence-electron chi connectivity index (χ4n) is 4.56. The van der Waals surface area contributed by atoms with Crippen molar-refractivity contribution in [1.29, 1.82) is 0 Å². The van der Waals surface area contributed by atoms with Crippen LogP contribution in [-0.2, 0) is 19.4 Å². The predicted molar refractivity (Wildman–Crippen MR) is 120 cm³/mol. The Labute approximate surface area is 197 Å². The quantitative estimate of drug-likeness (QED) is 0.606. The van der Waals surface area contributed by atoms with Crippen LogP contribution in [0.25, 0.3) is 0 Å². The third kappa shape index (κ3) is 6.11. The molecule has 2 aromatic rings. The minimum Gasteiger partial charge on any atom is -0.390 e. The van der Waals surface area contributed by atoms with Gasteiger partial charge in [-0.05, 0) is 42.9 Å². The van der Waals surface area contributed by atoms with Crippen LogP contribution in [0.15, 0.2) is 36.7 Å². The lowest BCUT2D eigenvalue weighted by Gasteiger charge is -2.43. The van der Waals surface area contributed by atoms with Crippen LogP contribution >= 0.6 is 0 Å². The Morgan fingerprint density at radius 1 is 1.24 bits per heavy atom. The minimum atomic E-state index is -4.23. The van der Waals surface area contributed by atoms with Gasteiger partial charge in [0.05, 0.1) is 6.10 Å². The van der Waals surface area contributed by atoms with Gasteiger partial charge in [-0.2, -0.15) is 13.2 Å². The minimum absolute atomic E-state index is 0.0621. The van der Waals surface area contributed by atoms with Crippen LogP contribution in [0.4, 0.5) is 13.2 Å². The van der Waals surface area contributed by atoms with Crippen LogP contribution in [-0.4, -0.2) is 81.8 Å². The molecule has 1 aromatic carbocycles. The van der Waals surface area contributed by atoms with Crippen molar-refractivity contribution in [2.75, 3.05) is 32.7 Å². The van der Waals surface area contributed by atoms with Crippen molar-refractivity contribution >= 4 is 5.91 Å². The first-order chi connectivity index (χ1) is 16.2. The summed E-state index contributed by atoms with van der Waals surface area (Å²) in [6.07, 6.45) is -2.22. The molecule has 1 fully saturated rings. The Balaban J connectivity index is 1.21. The molecular weight excluding hydrogens is 447 g/mol. The topological polar surface area (TPSA) is 81.6 Å². The standard InChI is InChI=1S/C24H30F3N5O2/c1-16(24(25,26)27)32-11-17(12-32)8-20-9-22(30-15-29-20)23(34)28-10-21(33)14-31-7-6-18-4-2-3-5-19(18)13-31/h2-5,9,15-17,21,33H,6-8,10-14H2,1H3,(H,28,34)/t16-,21-/m0/s1. The van der Waals surface area contributed by atoms with Gasteiger partial charge >= 0.3 is 6.18 Å². The van der Waals surface area contributed by atoms with E-state index in [9.17, 15) is 23.1 Å². The van der Waals surface area contributed by atoms with E-state index in [2.05, 4.69) is 32.3 Å². The Morgan fingerprint density at radius 3 is 2.71 bits per heavy atom. The molecule has 184 valence electrons. The van der Waals surface area contributed by atoms with Gasteiger partial charge in [-0.25, -0.2) is 9.97 Å². The summed E-state index contributed by atoms with van der Waals surface area (Å²) in [6, 6.07) is 8.38. The highest BCUT2D eigenvalue weighted by molar-refractivity contribution is 5.92. The molecule has 2 atom stereocenters. The van der Waals surface area contributed by atoms with Crippen LogP contribution in [0, 0.1) is 5.92 Å². The van der Waals surface area contributed by atoms with E-state index in [0.29, 0.717) is 31.7 Å². The van der Waals surface area contributed by atoms with Gasteiger partial charge in [0.25, 0.3) is 5.91 Å². The second-order valence-corrected chi connectivity index (χ2v) is 9.25. The number of rotatable bonds is 8. The van der Waals surface area contributed by atoms with Crippen molar-refractivity contribution in [2.24, 2.45) is 5.92 Å². The lowest BCUT2D eigenvalue weighted by atomic mass is 9.92. The van der Waals surface area contributed by atoms with Gasteiger partial charge in [-0.3, -0.25) is 14.6 Å². The second kappa shape index (κ2) is 10.4. The number of alkyl halides is 3. The highest BCUT2D eigenvalue weighted by atomic mass is 19.4. The molecule has 1 saturated heterocycles. The van der Waals surface area contributed by atoms with Crippen LogP contribution < -0.4 is 5.32 Å². The number of carbonyl (C=O) groups is 1. The van der Waals surface area contributed by atoms with Crippen molar-refractivity contribution in [3.8, 4) is 0 Å². The van der Waals surface area contributed by atoms with E-state index in [0.717, 1.165) is 19.5 Å². The number of amides is 1. The first-order valence-corrected chi connectivity index (χ1v) is 11.6. The van der Waals surface area contributed by atoms with Gasteiger partial charge in [0, 0.05) is 45.0 Å². The summed E-state index contributed by atoms with van der Waals surface area (Å²) in [6.45, 7) is 4.05. The van der Waals surface area contributed by atoms with Gasteiger partial charge in [-0.15, -0.1) is 0 Å². The van der Waals surface area contributed by atoms with Gasteiger partial charge in [0.15, 0.2) is 0 Å². The fourth-order valence-corrected chi connectivity index (χ4v) is 4.56. The summed E-state index contributed by atoms with van der Waals surface area (Å²) in [5.41, 5.74) is 3.41. The molecular formula is C24H30F3N5O2. The molecule has 0 bridgehead atoms. The first kappa shape index (κ1) is 24.6. The normalized spacial score (nSPS) is 19.2.